The predicted molar refractivity (Wildman–Crippen MR) is 92.7 cm³/mol. The topological polar surface area (TPSA) is 63.3 Å². The summed E-state index contributed by atoms with van der Waals surface area (Å²) in [6.45, 7) is 4.49. The molecule has 3 N–H and O–H groups in total. The lowest BCUT2D eigenvalue weighted by Gasteiger charge is -2.52. The van der Waals surface area contributed by atoms with Gasteiger partial charge in [-0.3, -0.25) is 4.79 Å². The Kier molecular flexibility index (Phi) is 4.39. The standard InChI is InChI=1S/C20H29NO2/c1-3-14-9-10-15(19(21)23)18(22)17(14)20-11-5-4-8-16(20)13(2)7-6-12-20/h9-10,13,16,22H,3-8,11-12H2,1-2H3,(H2,21,23)/t13-,16-,20+/m0/s1. The maximum absolute atomic E-state index is 11.7. The van der Waals surface area contributed by atoms with Crippen LogP contribution in [-0.4, -0.2) is 11.0 Å². The van der Waals surface area contributed by atoms with Gasteiger partial charge in [0.2, 0.25) is 0 Å². The van der Waals surface area contributed by atoms with Gasteiger partial charge in [-0.25, -0.2) is 0 Å². The quantitative estimate of drug-likeness (QED) is 0.873. The van der Waals surface area contributed by atoms with Crippen molar-refractivity contribution in [3.05, 3.63) is 28.8 Å². The highest BCUT2D eigenvalue weighted by molar-refractivity contribution is 5.96. The van der Waals surface area contributed by atoms with Gasteiger partial charge in [0.25, 0.3) is 5.91 Å². The SMILES string of the molecule is CCc1ccc(C(N)=O)c(O)c1[C@@]12CCCC[C@H]1[C@@H](C)CCC2. The number of benzene rings is 1. The summed E-state index contributed by atoms with van der Waals surface area (Å²) in [6, 6.07) is 3.70. The van der Waals surface area contributed by atoms with E-state index >= 15 is 0 Å². The number of fused-ring (bicyclic) bond motifs is 1. The van der Waals surface area contributed by atoms with E-state index in [4.69, 9.17) is 5.73 Å². The van der Waals surface area contributed by atoms with Crippen LogP contribution in [0.4, 0.5) is 0 Å². The predicted octanol–water partition coefficient (Wildman–Crippen LogP) is 4.30. The lowest BCUT2D eigenvalue weighted by atomic mass is 9.52. The third kappa shape index (κ3) is 2.54. The first-order valence-electron chi connectivity index (χ1n) is 9.16. The lowest BCUT2D eigenvalue weighted by Crippen LogP contribution is -2.45. The van der Waals surface area contributed by atoms with E-state index in [1.54, 1.807) is 6.07 Å². The molecule has 23 heavy (non-hydrogen) atoms. The van der Waals surface area contributed by atoms with E-state index in [9.17, 15) is 9.90 Å². The van der Waals surface area contributed by atoms with Gasteiger partial charge in [-0.2, -0.15) is 0 Å². The maximum atomic E-state index is 11.7. The van der Waals surface area contributed by atoms with Crippen LogP contribution in [0.2, 0.25) is 0 Å². The van der Waals surface area contributed by atoms with E-state index in [0.717, 1.165) is 24.8 Å². The first-order chi connectivity index (χ1) is 11.0. The molecule has 3 rings (SSSR count). The smallest absolute Gasteiger partial charge is 0.252 e. The summed E-state index contributed by atoms with van der Waals surface area (Å²) < 4.78 is 0. The Morgan fingerprint density at radius 1 is 1.26 bits per heavy atom. The average molecular weight is 315 g/mol. The summed E-state index contributed by atoms with van der Waals surface area (Å²) >= 11 is 0. The highest BCUT2D eigenvalue weighted by Gasteiger charge is 2.48. The number of nitrogens with two attached hydrogens (primary N) is 1. The van der Waals surface area contributed by atoms with Crippen LogP contribution in [0.15, 0.2) is 12.1 Å². The van der Waals surface area contributed by atoms with Crippen LogP contribution in [0.3, 0.4) is 0 Å². The van der Waals surface area contributed by atoms with Crippen LogP contribution >= 0.6 is 0 Å². The van der Waals surface area contributed by atoms with E-state index in [0.29, 0.717) is 11.8 Å². The van der Waals surface area contributed by atoms with E-state index in [-0.39, 0.29) is 16.7 Å². The minimum atomic E-state index is -0.529. The lowest BCUT2D eigenvalue weighted by molar-refractivity contribution is 0.0723. The number of hydrogen-bond acceptors (Lipinski definition) is 2. The molecule has 0 saturated heterocycles. The van der Waals surface area contributed by atoms with Crippen molar-refractivity contribution in [1.29, 1.82) is 0 Å². The minimum Gasteiger partial charge on any atom is -0.507 e. The number of aryl methyl sites for hydroxylation is 1. The van der Waals surface area contributed by atoms with Crippen molar-refractivity contribution in [1.82, 2.24) is 0 Å². The maximum Gasteiger partial charge on any atom is 0.252 e. The molecule has 0 unspecified atom stereocenters. The summed E-state index contributed by atoms with van der Waals surface area (Å²) in [5, 5.41) is 10.9. The Hall–Kier alpha value is -1.51. The van der Waals surface area contributed by atoms with Crippen molar-refractivity contribution < 1.29 is 9.90 Å². The van der Waals surface area contributed by atoms with Crippen molar-refractivity contribution in [3.8, 4) is 5.75 Å². The average Bonchev–Trinajstić information content (AvgIpc) is 2.54. The first kappa shape index (κ1) is 16.4. The number of aromatic hydroxyl groups is 1. The molecule has 126 valence electrons. The van der Waals surface area contributed by atoms with Crippen LogP contribution in [0.1, 0.15) is 80.3 Å². The summed E-state index contributed by atoms with van der Waals surface area (Å²) in [5.74, 6) is 0.937. The van der Waals surface area contributed by atoms with Crippen LogP contribution in [0, 0.1) is 11.8 Å². The number of carbonyl (C=O) groups excluding carboxylic acids is 1. The molecule has 0 aromatic heterocycles. The molecule has 3 heteroatoms. The first-order valence-corrected chi connectivity index (χ1v) is 9.16. The van der Waals surface area contributed by atoms with Gasteiger partial charge in [-0.1, -0.05) is 45.6 Å². The third-order valence-electron chi connectivity index (χ3n) is 6.48. The number of primary amides is 1. The van der Waals surface area contributed by atoms with Gasteiger partial charge >= 0.3 is 0 Å². The summed E-state index contributed by atoms with van der Waals surface area (Å²) in [5.41, 5.74) is 8.06. The molecule has 0 radical (unpaired) electrons. The zero-order chi connectivity index (χ0) is 16.6. The van der Waals surface area contributed by atoms with E-state index in [1.807, 2.05) is 6.07 Å². The van der Waals surface area contributed by atoms with Gasteiger partial charge in [0.15, 0.2) is 0 Å². The Bertz CT molecular complexity index is 606. The Labute approximate surface area is 139 Å². The summed E-state index contributed by atoms with van der Waals surface area (Å²) in [6.07, 6.45) is 9.37. The molecule has 0 heterocycles. The Balaban J connectivity index is 2.21. The van der Waals surface area contributed by atoms with Gasteiger partial charge < -0.3 is 10.8 Å². The van der Waals surface area contributed by atoms with Crippen molar-refractivity contribution in [2.45, 2.75) is 70.6 Å². The second-order valence-corrected chi connectivity index (χ2v) is 7.59. The number of hydrogen-bond donors (Lipinski definition) is 2. The fraction of sp³-hybridized carbons (Fsp3) is 0.650. The minimum absolute atomic E-state index is 0.0385. The second-order valence-electron chi connectivity index (χ2n) is 7.59. The van der Waals surface area contributed by atoms with Crippen molar-refractivity contribution in [3.63, 3.8) is 0 Å². The third-order valence-corrected chi connectivity index (χ3v) is 6.48. The number of rotatable bonds is 3. The molecule has 2 fully saturated rings. The normalized spacial score (nSPS) is 30.7. The largest absolute Gasteiger partial charge is 0.507 e. The van der Waals surface area contributed by atoms with Crippen molar-refractivity contribution in [2.24, 2.45) is 17.6 Å². The van der Waals surface area contributed by atoms with Crippen LogP contribution < -0.4 is 5.73 Å². The molecule has 3 atom stereocenters. The highest BCUT2D eigenvalue weighted by Crippen LogP contribution is 2.57. The van der Waals surface area contributed by atoms with Crippen molar-refractivity contribution in [2.75, 3.05) is 0 Å². The van der Waals surface area contributed by atoms with Gasteiger partial charge in [-0.15, -0.1) is 0 Å². The fourth-order valence-electron chi connectivity index (χ4n) is 5.46. The fourth-order valence-corrected chi connectivity index (χ4v) is 5.46. The molecule has 2 aliphatic carbocycles. The molecule has 1 aromatic carbocycles. The van der Waals surface area contributed by atoms with Crippen LogP contribution in [0.25, 0.3) is 0 Å². The molecule has 1 aromatic rings. The zero-order valence-corrected chi connectivity index (χ0v) is 14.4. The number of phenols is 1. The van der Waals surface area contributed by atoms with E-state index < -0.39 is 5.91 Å². The second kappa shape index (κ2) is 6.18. The Morgan fingerprint density at radius 2 is 2.00 bits per heavy atom. The zero-order valence-electron chi connectivity index (χ0n) is 14.4. The molecule has 2 aliphatic rings. The summed E-state index contributed by atoms with van der Waals surface area (Å²) in [7, 11) is 0. The molecule has 0 spiro atoms. The van der Waals surface area contributed by atoms with Crippen LogP contribution in [-0.2, 0) is 11.8 Å². The molecule has 2 saturated carbocycles. The highest BCUT2D eigenvalue weighted by atomic mass is 16.3. The summed E-state index contributed by atoms with van der Waals surface area (Å²) in [4.78, 5) is 11.7. The van der Waals surface area contributed by atoms with E-state index in [2.05, 4.69) is 13.8 Å². The molecule has 0 bridgehead atoms. The number of carbonyl (C=O) groups is 1. The Morgan fingerprint density at radius 3 is 2.70 bits per heavy atom. The van der Waals surface area contributed by atoms with Gasteiger partial charge in [0, 0.05) is 11.0 Å². The van der Waals surface area contributed by atoms with Gasteiger partial charge in [0.05, 0.1) is 5.56 Å². The monoisotopic (exact) mass is 315 g/mol. The van der Waals surface area contributed by atoms with E-state index in [1.165, 1.54) is 37.7 Å². The molecular formula is C20H29NO2. The van der Waals surface area contributed by atoms with Crippen molar-refractivity contribution >= 4 is 5.91 Å². The van der Waals surface area contributed by atoms with Crippen LogP contribution in [0.5, 0.6) is 5.75 Å². The van der Waals surface area contributed by atoms with Gasteiger partial charge in [-0.05, 0) is 49.1 Å². The molecule has 3 nitrogen and oxygen atoms in total. The molecule has 1 amide bonds. The number of amides is 1. The van der Waals surface area contributed by atoms with Gasteiger partial charge in [0.1, 0.15) is 5.75 Å². The molecular weight excluding hydrogens is 286 g/mol. The molecule has 0 aliphatic heterocycles.